The van der Waals surface area contributed by atoms with Gasteiger partial charge < -0.3 is 0 Å². The van der Waals surface area contributed by atoms with Gasteiger partial charge in [-0.3, -0.25) is 0 Å². The third-order valence-corrected chi connectivity index (χ3v) is 7.10. The average molecular weight is 414 g/mol. The fraction of sp³-hybridized carbons (Fsp3) is 0.0500. The Morgan fingerprint density at radius 3 is 2.43 bits per heavy atom. The van der Waals surface area contributed by atoms with E-state index in [4.69, 9.17) is 4.74 Å². The molecular formula is C20H14O2Te. The summed E-state index contributed by atoms with van der Waals surface area (Å²) < 4.78 is 8.03. The molecule has 4 rings (SSSR count). The number of rotatable bonds is 3. The van der Waals surface area contributed by atoms with Crippen LogP contribution in [0.5, 0.6) is 0 Å². The minimum atomic E-state index is -0.670. The second kappa shape index (κ2) is 6.20. The quantitative estimate of drug-likeness (QED) is 0.486. The van der Waals surface area contributed by atoms with Gasteiger partial charge in [0, 0.05) is 0 Å². The van der Waals surface area contributed by atoms with Crippen molar-refractivity contribution in [1.29, 1.82) is 0 Å². The van der Waals surface area contributed by atoms with Crippen LogP contribution in [-0.2, 0) is 9.53 Å². The third kappa shape index (κ3) is 2.91. The molecule has 112 valence electrons. The number of esters is 1. The van der Waals surface area contributed by atoms with E-state index in [9.17, 15) is 4.79 Å². The fourth-order valence-corrected chi connectivity index (χ4v) is 6.02. The van der Waals surface area contributed by atoms with Crippen molar-refractivity contribution in [3.05, 3.63) is 88.1 Å². The Bertz CT molecular complexity index is 894. The summed E-state index contributed by atoms with van der Waals surface area (Å²) in [5.74, 6) is -0.223. The van der Waals surface area contributed by atoms with E-state index in [1.807, 2.05) is 30.3 Å². The predicted molar refractivity (Wildman–Crippen MR) is 92.7 cm³/mol. The molecule has 0 aromatic heterocycles. The first-order chi connectivity index (χ1) is 11.3. The van der Waals surface area contributed by atoms with E-state index in [2.05, 4.69) is 42.5 Å². The van der Waals surface area contributed by atoms with Crippen LogP contribution in [0.4, 0.5) is 0 Å². The summed E-state index contributed by atoms with van der Waals surface area (Å²) in [5, 5.41) is 2.53. The second-order valence-corrected chi connectivity index (χ2v) is 8.54. The van der Waals surface area contributed by atoms with E-state index in [-0.39, 0.29) is 12.1 Å². The first-order valence-electron chi connectivity index (χ1n) is 7.44. The first kappa shape index (κ1) is 14.5. The van der Waals surface area contributed by atoms with Gasteiger partial charge in [-0.05, 0) is 0 Å². The van der Waals surface area contributed by atoms with Crippen LogP contribution in [0.25, 0.3) is 10.8 Å². The van der Waals surface area contributed by atoms with Crippen LogP contribution < -0.4 is 3.61 Å². The van der Waals surface area contributed by atoms with Crippen molar-refractivity contribution < 1.29 is 9.53 Å². The van der Waals surface area contributed by atoms with Gasteiger partial charge in [0.05, 0.1) is 0 Å². The second-order valence-electron chi connectivity index (χ2n) is 5.35. The fourth-order valence-electron chi connectivity index (χ4n) is 2.75. The van der Waals surface area contributed by atoms with Gasteiger partial charge in [0.15, 0.2) is 0 Å². The first-order valence-corrected chi connectivity index (χ1v) is 9.77. The summed E-state index contributed by atoms with van der Waals surface area (Å²) in [6.45, 7) is 0. The number of cyclic esters (lactones) is 1. The molecule has 1 atom stereocenters. The van der Waals surface area contributed by atoms with E-state index >= 15 is 0 Å². The maximum absolute atomic E-state index is 11.8. The maximum atomic E-state index is 11.8. The van der Waals surface area contributed by atoms with Crippen molar-refractivity contribution in [3.63, 3.8) is 0 Å². The van der Waals surface area contributed by atoms with Crippen LogP contribution in [0.15, 0.2) is 82.5 Å². The van der Waals surface area contributed by atoms with Crippen molar-refractivity contribution in [1.82, 2.24) is 0 Å². The molecule has 1 heterocycles. The van der Waals surface area contributed by atoms with Gasteiger partial charge in [0.2, 0.25) is 0 Å². The average Bonchev–Trinajstić information content (AvgIpc) is 2.96. The summed E-state index contributed by atoms with van der Waals surface area (Å²) in [5.41, 5.74) is 1.05. The molecule has 0 radical (unpaired) electrons. The summed E-state index contributed by atoms with van der Waals surface area (Å²) >= 11 is -0.670. The van der Waals surface area contributed by atoms with Crippen LogP contribution in [-0.4, -0.2) is 26.9 Å². The van der Waals surface area contributed by atoms with Gasteiger partial charge in [-0.2, -0.15) is 0 Å². The van der Waals surface area contributed by atoms with Gasteiger partial charge in [-0.25, -0.2) is 0 Å². The molecular weight excluding hydrogens is 400 g/mol. The Morgan fingerprint density at radius 2 is 1.57 bits per heavy atom. The normalized spacial score (nSPS) is 17.1. The van der Waals surface area contributed by atoms with Gasteiger partial charge in [0.25, 0.3) is 0 Å². The molecule has 0 saturated heterocycles. The third-order valence-electron chi connectivity index (χ3n) is 3.83. The molecule has 0 N–H and O–H groups in total. The predicted octanol–water partition coefficient (Wildman–Crippen LogP) is 3.35. The molecule has 0 saturated carbocycles. The van der Waals surface area contributed by atoms with Crippen molar-refractivity contribution in [2.24, 2.45) is 0 Å². The number of hydrogen-bond donors (Lipinski definition) is 0. The van der Waals surface area contributed by atoms with Crippen LogP contribution >= 0.6 is 0 Å². The molecule has 0 bridgehead atoms. The molecule has 1 aliphatic rings. The summed E-state index contributed by atoms with van der Waals surface area (Å²) in [4.78, 5) is 11.8. The van der Waals surface area contributed by atoms with Crippen LogP contribution in [0.1, 0.15) is 11.7 Å². The van der Waals surface area contributed by atoms with E-state index in [0.29, 0.717) is 0 Å². The van der Waals surface area contributed by atoms with Crippen molar-refractivity contribution in [3.8, 4) is 0 Å². The molecule has 0 amide bonds. The Balaban J connectivity index is 1.71. The molecule has 0 spiro atoms. The number of fused-ring (bicyclic) bond motifs is 1. The molecule has 3 aromatic rings. The number of carbonyl (C=O) groups is 1. The van der Waals surface area contributed by atoms with Crippen LogP contribution in [0.3, 0.4) is 0 Å². The monoisotopic (exact) mass is 416 g/mol. The van der Waals surface area contributed by atoms with Crippen LogP contribution in [0, 0.1) is 0 Å². The molecule has 2 nitrogen and oxygen atoms in total. The molecule has 23 heavy (non-hydrogen) atoms. The molecule has 3 aromatic carbocycles. The van der Waals surface area contributed by atoms with E-state index in [0.717, 1.165) is 9.18 Å². The summed E-state index contributed by atoms with van der Waals surface area (Å²) in [7, 11) is 0. The summed E-state index contributed by atoms with van der Waals surface area (Å²) in [6, 6.07) is 24.8. The topological polar surface area (TPSA) is 26.3 Å². The SMILES string of the molecule is O=C1C=C([Te]c2cccc3ccccc23)C(c2ccccc2)O1. The van der Waals surface area contributed by atoms with E-state index in [1.165, 1.54) is 14.4 Å². The van der Waals surface area contributed by atoms with Crippen molar-refractivity contribution >= 4 is 41.3 Å². The minimum absolute atomic E-state index is 0.218. The van der Waals surface area contributed by atoms with Gasteiger partial charge in [0.1, 0.15) is 0 Å². The Labute approximate surface area is 144 Å². The van der Waals surface area contributed by atoms with Gasteiger partial charge in [-0.15, -0.1) is 0 Å². The molecule has 1 aliphatic heterocycles. The molecule has 0 aliphatic carbocycles. The van der Waals surface area contributed by atoms with E-state index < -0.39 is 20.9 Å². The zero-order valence-corrected chi connectivity index (χ0v) is 14.6. The Kier molecular flexibility index (Phi) is 3.91. The zero-order valence-electron chi connectivity index (χ0n) is 12.3. The number of hydrogen-bond acceptors (Lipinski definition) is 2. The van der Waals surface area contributed by atoms with Gasteiger partial charge >= 0.3 is 145 Å². The van der Waals surface area contributed by atoms with Crippen molar-refractivity contribution in [2.45, 2.75) is 6.10 Å². The molecule has 1 unspecified atom stereocenters. The Hall–Kier alpha value is -2.08. The van der Waals surface area contributed by atoms with Crippen LogP contribution in [0.2, 0.25) is 0 Å². The van der Waals surface area contributed by atoms with Crippen molar-refractivity contribution in [2.75, 3.05) is 0 Å². The molecule has 0 fully saturated rings. The molecule has 3 heteroatoms. The Morgan fingerprint density at radius 1 is 0.826 bits per heavy atom. The number of ether oxygens (including phenoxy) is 1. The number of benzene rings is 3. The summed E-state index contributed by atoms with van der Waals surface area (Å²) in [6.07, 6.45) is 1.48. The number of carbonyl (C=O) groups excluding carboxylic acids is 1. The zero-order chi connectivity index (χ0) is 15.6. The van der Waals surface area contributed by atoms with Gasteiger partial charge in [-0.1, -0.05) is 0 Å². The standard InChI is InChI=1S/C20H14O2Te/c21-19-13-18(20(22-19)15-8-2-1-3-9-15)23-17-12-6-10-14-7-4-5-11-16(14)17/h1-13,20H. The van der Waals surface area contributed by atoms with E-state index in [1.54, 1.807) is 6.08 Å².